The van der Waals surface area contributed by atoms with Crippen LogP contribution in [0.2, 0.25) is 5.02 Å². The molecule has 0 spiro atoms. The highest BCUT2D eigenvalue weighted by Gasteiger charge is 2.41. The van der Waals surface area contributed by atoms with Crippen molar-refractivity contribution in [3.8, 4) is 0 Å². The fraction of sp³-hybridized carbons (Fsp3) is 0.500. The minimum absolute atomic E-state index is 0.126. The van der Waals surface area contributed by atoms with Gasteiger partial charge in [-0.05, 0) is 31.2 Å². The Morgan fingerprint density at radius 1 is 1.17 bits per heavy atom. The number of amides is 4. The largest absolute Gasteiger partial charge is 0.384 e. The molecule has 0 saturated carbocycles. The lowest BCUT2D eigenvalue weighted by Crippen LogP contribution is -2.62. The number of methoxy groups -OCH3 is 1. The maximum atomic E-state index is 13.6. The number of hydrogen-bond acceptors (Lipinski definition) is 6. The highest BCUT2D eigenvalue weighted by molar-refractivity contribution is 6.30. The summed E-state index contributed by atoms with van der Waals surface area (Å²) in [6.07, 6.45) is 1.72. The third-order valence-corrected chi connectivity index (χ3v) is 6.82. The molecule has 0 radical (unpaired) electrons. The van der Waals surface area contributed by atoms with Crippen LogP contribution in [0.1, 0.15) is 25.4 Å². The number of carbonyl (C=O) groups excluding carboxylic acids is 3. The standard InChI is InChI=1S/C24H32ClN7O4/c1-16-26-13-19-14-31(23(35)32(16)19)30-11-9-29(10-12-30)21(33)20(24(2,3)15-36-4)28-22(34)27-18-7-5-17(25)6-8-18/h5-8,13,20H,9-12,14-15H2,1-4H3,(H2,27,28,34). The number of halogens is 1. The summed E-state index contributed by atoms with van der Waals surface area (Å²) in [4.78, 5) is 45.2. The van der Waals surface area contributed by atoms with Crippen LogP contribution in [0.4, 0.5) is 15.3 Å². The maximum absolute atomic E-state index is 13.6. The number of rotatable bonds is 7. The van der Waals surface area contributed by atoms with Gasteiger partial charge in [-0.15, -0.1) is 0 Å². The van der Waals surface area contributed by atoms with Crippen LogP contribution in [-0.4, -0.2) is 88.4 Å². The Morgan fingerprint density at radius 2 is 1.83 bits per heavy atom. The summed E-state index contributed by atoms with van der Waals surface area (Å²) in [5, 5.41) is 9.83. The summed E-state index contributed by atoms with van der Waals surface area (Å²) >= 11 is 5.92. The van der Waals surface area contributed by atoms with Crippen molar-refractivity contribution in [1.29, 1.82) is 0 Å². The number of imidazole rings is 1. The molecule has 1 unspecified atom stereocenters. The molecule has 12 heteroatoms. The number of carbonyl (C=O) groups is 3. The van der Waals surface area contributed by atoms with E-state index in [1.54, 1.807) is 59.0 Å². The lowest BCUT2D eigenvalue weighted by atomic mass is 9.84. The number of fused-ring (bicyclic) bond motifs is 1. The van der Waals surface area contributed by atoms with Crippen LogP contribution >= 0.6 is 11.6 Å². The highest BCUT2D eigenvalue weighted by atomic mass is 35.5. The van der Waals surface area contributed by atoms with Crippen molar-refractivity contribution in [3.05, 3.63) is 47.0 Å². The second-order valence-electron chi connectivity index (χ2n) is 9.71. The van der Waals surface area contributed by atoms with Crippen LogP contribution in [0, 0.1) is 12.3 Å². The van der Waals surface area contributed by atoms with Crippen LogP contribution < -0.4 is 10.6 Å². The molecule has 1 aromatic carbocycles. The molecule has 11 nitrogen and oxygen atoms in total. The van der Waals surface area contributed by atoms with Gasteiger partial charge in [-0.1, -0.05) is 25.4 Å². The minimum atomic E-state index is -0.820. The Morgan fingerprint density at radius 3 is 2.44 bits per heavy atom. The number of nitrogens with one attached hydrogen (secondary N) is 2. The molecule has 0 aliphatic carbocycles. The van der Waals surface area contributed by atoms with E-state index in [2.05, 4.69) is 15.6 Å². The molecule has 2 N–H and O–H groups in total. The summed E-state index contributed by atoms with van der Waals surface area (Å²) in [5.74, 6) is 0.472. The van der Waals surface area contributed by atoms with Gasteiger partial charge < -0.3 is 20.3 Å². The van der Waals surface area contributed by atoms with E-state index in [-0.39, 0.29) is 18.5 Å². The van der Waals surface area contributed by atoms with Crippen molar-refractivity contribution < 1.29 is 19.1 Å². The Bertz CT molecular complexity index is 1130. The van der Waals surface area contributed by atoms with E-state index in [9.17, 15) is 14.4 Å². The SMILES string of the molecule is COCC(C)(C)C(NC(=O)Nc1ccc(Cl)cc1)C(=O)N1CCN(N2Cc3cnc(C)n3C2=O)CC1. The molecule has 194 valence electrons. The van der Waals surface area contributed by atoms with Gasteiger partial charge in [-0.25, -0.2) is 24.1 Å². The van der Waals surface area contributed by atoms with Crippen molar-refractivity contribution in [2.24, 2.45) is 5.41 Å². The van der Waals surface area contributed by atoms with Crippen molar-refractivity contribution in [2.45, 2.75) is 33.4 Å². The molecule has 1 atom stereocenters. The van der Waals surface area contributed by atoms with E-state index in [4.69, 9.17) is 16.3 Å². The summed E-state index contributed by atoms with van der Waals surface area (Å²) in [7, 11) is 1.57. The van der Waals surface area contributed by atoms with Gasteiger partial charge in [0.15, 0.2) is 0 Å². The zero-order valence-electron chi connectivity index (χ0n) is 21.0. The number of aromatic nitrogens is 2. The molecule has 36 heavy (non-hydrogen) atoms. The predicted molar refractivity (Wildman–Crippen MR) is 135 cm³/mol. The zero-order valence-corrected chi connectivity index (χ0v) is 21.7. The van der Waals surface area contributed by atoms with Crippen molar-refractivity contribution >= 4 is 35.3 Å². The van der Waals surface area contributed by atoms with E-state index in [1.807, 2.05) is 18.9 Å². The van der Waals surface area contributed by atoms with Crippen LogP contribution in [0.5, 0.6) is 0 Å². The Balaban J connectivity index is 1.40. The second kappa shape index (κ2) is 10.5. The van der Waals surface area contributed by atoms with Crippen LogP contribution in [-0.2, 0) is 16.1 Å². The first-order valence-electron chi connectivity index (χ1n) is 11.8. The number of urea groups is 1. The lowest BCUT2D eigenvalue weighted by Gasteiger charge is -2.42. The monoisotopic (exact) mass is 517 g/mol. The first kappa shape index (κ1) is 25.9. The van der Waals surface area contributed by atoms with Gasteiger partial charge in [-0.3, -0.25) is 9.80 Å². The van der Waals surface area contributed by atoms with Gasteiger partial charge >= 0.3 is 12.1 Å². The van der Waals surface area contributed by atoms with Crippen LogP contribution in [0.3, 0.4) is 0 Å². The molecule has 1 aromatic heterocycles. The molecule has 4 amide bonds. The molecule has 1 saturated heterocycles. The van der Waals surface area contributed by atoms with E-state index < -0.39 is 17.5 Å². The summed E-state index contributed by atoms with van der Waals surface area (Å²) in [6.45, 7) is 8.16. The van der Waals surface area contributed by atoms with Gasteiger partial charge in [0.25, 0.3) is 0 Å². The van der Waals surface area contributed by atoms with E-state index in [0.29, 0.717) is 49.3 Å². The number of anilines is 1. The highest BCUT2D eigenvalue weighted by Crippen LogP contribution is 2.25. The molecular formula is C24H32ClN7O4. The zero-order chi connectivity index (χ0) is 26.0. The smallest absolute Gasteiger partial charge is 0.344 e. The Labute approximate surface area is 215 Å². The van der Waals surface area contributed by atoms with Gasteiger partial charge in [0, 0.05) is 49.4 Å². The first-order valence-corrected chi connectivity index (χ1v) is 12.2. The van der Waals surface area contributed by atoms with Gasteiger partial charge in [0.2, 0.25) is 5.91 Å². The van der Waals surface area contributed by atoms with Crippen molar-refractivity contribution in [1.82, 2.24) is 29.8 Å². The summed E-state index contributed by atoms with van der Waals surface area (Å²) in [6, 6.07) is 5.28. The quantitative estimate of drug-likeness (QED) is 0.584. The summed E-state index contributed by atoms with van der Waals surface area (Å²) < 4.78 is 6.97. The first-order chi connectivity index (χ1) is 17.1. The normalized spacial score (nSPS) is 17.2. The van der Waals surface area contributed by atoms with Crippen molar-refractivity contribution in [2.75, 3.05) is 45.2 Å². The van der Waals surface area contributed by atoms with E-state index >= 15 is 0 Å². The molecule has 2 aliphatic heterocycles. The molecule has 4 rings (SSSR count). The number of piperazine rings is 1. The van der Waals surface area contributed by atoms with Crippen LogP contribution in [0.15, 0.2) is 30.5 Å². The van der Waals surface area contributed by atoms with Gasteiger partial charge in [-0.2, -0.15) is 0 Å². The van der Waals surface area contributed by atoms with E-state index in [1.165, 1.54) is 0 Å². The number of hydrazine groups is 1. The van der Waals surface area contributed by atoms with Gasteiger partial charge in [0.05, 0.1) is 25.0 Å². The average molecular weight is 518 g/mol. The fourth-order valence-electron chi connectivity index (χ4n) is 4.64. The predicted octanol–water partition coefficient (Wildman–Crippen LogP) is 2.55. The number of aryl methyl sites for hydroxylation is 1. The number of nitrogens with zero attached hydrogens (tertiary/aromatic N) is 5. The number of hydrogen-bond donors (Lipinski definition) is 2. The molecule has 1 fully saturated rings. The Kier molecular flexibility index (Phi) is 7.53. The average Bonchev–Trinajstić information content (AvgIpc) is 3.38. The topological polar surface area (TPSA) is 112 Å². The Hall–Kier alpha value is -3.15. The fourth-order valence-corrected chi connectivity index (χ4v) is 4.77. The third kappa shape index (κ3) is 5.32. The summed E-state index contributed by atoms with van der Waals surface area (Å²) in [5.41, 5.74) is 0.750. The molecule has 0 bridgehead atoms. The third-order valence-electron chi connectivity index (χ3n) is 6.57. The minimum Gasteiger partial charge on any atom is -0.384 e. The maximum Gasteiger partial charge on any atom is 0.344 e. The molecular weight excluding hydrogens is 486 g/mol. The molecule has 2 aromatic rings. The van der Waals surface area contributed by atoms with Crippen LogP contribution in [0.25, 0.3) is 0 Å². The van der Waals surface area contributed by atoms with Gasteiger partial charge in [0.1, 0.15) is 11.9 Å². The van der Waals surface area contributed by atoms with E-state index in [0.717, 1.165) is 5.69 Å². The van der Waals surface area contributed by atoms with Crippen molar-refractivity contribution in [3.63, 3.8) is 0 Å². The lowest BCUT2D eigenvalue weighted by molar-refractivity contribution is -0.141. The molecule has 3 heterocycles. The number of benzene rings is 1. The number of ether oxygens (including phenoxy) is 1. The molecule has 2 aliphatic rings. The second-order valence-corrected chi connectivity index (χ2v) is 10.1.